The molecule has 1 saturated heterocycles. The molecule has 1 heterocycles. The Hall–Kier alpha value is -5.03. The number of rotatable bonds is 11. The van der Waals surface area contributed by atoms with Gasteiger partial charge in [0.15, 0.2) is 29.6 Å². The van der Waals surface area contributed by atoms with Crippen LogP contribution in [0.25, 0.3) is 6.08 Å². The molecule has 0 aromatic heterocycles. The van der Waals surface area contributed by atoms with Crippen molar-refractivity contribution in [1.82, 2.24) is 5.32 Å². The fourth-order valence-electron chi connectivity index (χ4n) is 4.12. The molecule has 5 amide bonds. The van der Waals surface area contributed by atoms with Gasteiger partial charge >= 0.3 is 6.03 Å². The van der Waals surface area contributed by atoms with E-state index in [0.29, 0.717) is 29.4 Å². The van der Waals surface area contributed by atoms with Crippen LogP contribution in [0.2, 0.25) is 5.02 Å². The summed E-state index contributed by atoms with van der Waals surface area (Å²) in [6.45, 7) is 4.00. The third-order valence-electron chi connectivity index (χ3n) is 6.21. The topological polar surface area (TPSA) is 132 Å². The van der Waals surface area contributed by atoms with Crippen LogP contribution in [0.4, 0.5) is 16.2 Å². The molecule has 1 aliphatic rings. The number of carbonyl (C=O) groups is 4. The molecule has 11 nitrogen and oxygen atoms in total. The Bertz CT molecular complexity index is 1590. The van der Waals surface area contributed by atoms with Crippen LogP contribution in [0.5, 0.6) is 23.0 Å². The van der Waals surface area contributed by atoms with Crippen molar-refractivity contribution in [1.29, 1.82) is 0 Å². The molecule has 12 heteroatoms. The van der Waals surface area contributed by atoms with Gasteiger partial charge in [-0.25, -0.2) is 9.69 Å². The summed E-state index contributed by atoms with van der Waals surface area (Å²) in [5.41, 5.74) is 1.83. The summed E-state index contributed by atoms with van der Waals surface area (Å²) in [5.74, 6) is -1.14. The number of methoxy groups -OCH3 is 2. The molecule has 0 saturated carbocycles. The molecule has 43 heavy (non-hydrogen) atoms. The van der Waals surface area contributed by atoms with Crippen molar-refractivity contribution in [2.24, 2.45) is 0 Å². The number of aryl methyl sites for hydroxylation is 1. The monoisotopic (exact) mass is 607 g/mol. The van der Waals surface area contributed by atoms with Crippen molar-refractivity contribution >= 4 is 52.8 Å². The number of amides is 5. The molecule has 224 valence electrons. The average molecular weight is 608 g/mol. The van der Waals surface area contributed by atoms with Crippen LogP contribution in [0.3, 0.4) is 0 Å². The number of barbiturate groups is 1. The molecule has 0 atom stereocenters. The smallest absolute Gasteiger partial charge is 0.335 e. The first-order valence-electron chi connectivity index (χ1n) is 13.2. The van der Waals surface area contributed by atoms with Gasteiger partial charge in [-0.15, -0.1) is 0 Å². The molecule has 1 fully saturated rings. The summed E-state index contributed by atoms with van der Waals surface area (Å²) < 4.78 is 22.0. The maximum atomic E-state index is 13.4. The van der Waals surface area contributed by atoms with E-state index in [9.17, 15) is 19.2 Å². The lowest BCUT2D eigenvalue weighted by molar-refractivity contribution is -0.122. The Morgan fingerprint density at radius 2 is 1.67 bits per heavy atom. The number of imide groups is 2. The second-order valence-corrected chi connectivity index (χ2v) is 9.79. The predicted octanol–water partition coefficient (Wildman–Crippen LogP) is 5.14. The molecule has 0 spiro atoms. The molecule has 0 aliphatic carbocycles. The minimum Gasteiger partial charge on any atom is -0.493 e. The van der Waals surface area contributed by atoms with Crippen molar-refractivity contribution < 1.29 is 38.1 Å². The van der Waals surface area contributed by atoms with Crippen LogP contribution < -0.4 is 34.5 Å². The lowest BCUT2D eigenvalue weighted by atomic mass is 10.1. The van der Waals surface area contributed by atoms with E-state index in [4.69, 9.17) is 30.5 Å². The first kappa shape index (κ1) is 30.9. The lowest BCUT2D eigenvalue weighted by Crippen LogP contribution is -2.54. The number of anilines is 2. The maximum Gasteiger partial charge on any atom is 0.335 e. The molecule has 4 rings (SSSR count). The quantitative estimate of drug-likeness (QED) is 0.226. The van der Waals surface area contributed by atoms with Gasteiger partial charge in [-0.2, -0.15) is 0 Å². The van der Waals surface area contributed by atoms with Crippen LogP contribution in [0, 0.1) is 6.92 Å². The van der Waals surface area contributed by atoms with Gasteiger partial charge < -0.3 is 24.3 Å². The Balaban J connectivity index is 1.56. The molecule has 0 unspecified atom stereocenters. The number of hydrogen-bond acceptors (Lipinski definition) is 8. The zero-order valence-corrected chi connectivity index (χ0v) is 24.7. The van der Waals surface area contributed by atoms with Gasteiger partial charge in [-0.05, 0) is 61.4 Å². The summed E-state index contributed by atoms with van der Waals surface area (Å²) in [5, 5.41) is 4.97. The first-order valence-corrected chi connectivity index (χ1v) is 13.6. The number of ether oxygens (including phenoxy) is 4. The number of urea groups is 1. The Morgan fingerprint density at radius 3 is 2.35 bits per heavy atom. The van der Waals surface area contributed by atoms with Gasteiger partial charge in [0.1, 0.15) is 5.57 Å². The van der Waals surface area contributed by atoms with Gasteiger partial charge in [-0.3, -0.25) is 19.7 Å². The van der Waals surface area contributed by atoms with Gasteiger partial charge in [0.05, 0.1) is 31.5 Å². The predicted molar refractivity (Wildman–Crippen MR) is 161 cm³/mol. The minimum absolute atomic E-state index is 0.0679. The largest absolute Gasteiger partial charge is 0.493 e. The van der Waals surface area contributed by atoms with Crippen LogP contribution in [0.1, 0.15) is 24.5 Å². The SMILES string of the molecule is CCCOc1ccc(N2C(=O)NC(=O)/C(=C\c3cc(Cl)c(OCC(=O)Nc4ccc(C)cc4)c(OC)c3)C2=O)cc1OC. The van der Waals surface area contributed by atoms with Crippen molar-refractivity contribution in [3.63, 3.8) is 0 Å². The summed E-state index contributed by atoms with van der Waals surface area (Å²) in [7, 11) is 2.81. The molecular formula is C31H30ClN3O8. The van der Waals surface area contributed by atoms with Crippen molar-refractivity contribution in [3.05, 3.63) is 76.3 Å². The zero-order chi connectivity index (χ0) is 31.1. The highest BCUT2D eigenvalue weighted by Crippen LogP contribution is 2.38. The second kappa shape index (κ2) is 13.8. The third-order valence-corrected chi connectivity index (χ3v) is 6.50. The second-order valence-electron chi connectivity index (χ2n) is 9.38. The number of nitrogens with one attached hydrogen (secondary N) is 2. The standard InChI is InChI=1S/C31H30ClN3O8/c1-5-12-42-24-11-10-21(16-25(24)40-3)35-30(38)22(29(37)34-31(35)39)13-19-14-23(32)28(26(15-19)41-4)43-17-27(36)33-20-8-6-18(2)7-9-20/h6-11,13-16H,5,12,17H2,1-4H3,(H,33,36)(H,34,37,39)/b22-13+. The van der Waals surface area contributed by atoms with E-state index in [1.165, 1.54) is 44.6 Å². The van der Waals surface area contributed by atoms with Crippen LogP contribution >= 0.6 is 11.6 Å². The van der Waals surface area contributed by atoms with E-state index >= 15 is 0 Å². The van der Waals surface area contributed by atoms with Crippen LogP contribution in [0.15, 0.2) is 60.2 Å². The number of halogens is 1. The van der Waals surface area contributed by atoms with E-state index < -0.39 is 23.8 Å². The Labute approximate surface area is 253 Å². The number of nitrogens with zero attached hydrogens (tertiary/aromatic N) is 1. The molecule has 0 radical (unpaired) electrons. The molecule has 3 aromatic carbocycles. The molecular weight excluding hydrogens is 578 g/mol. The fraction of sp³-hybridized carbons (Fsp3) is 0.226. The highest BCUT2D eigenvalue weighted by Gasteiger charge is 2.37. The highest BCUT2D eigenvalue weighted by molar-refractivity contribution is 6.39. The molecule has 0 bridgehead atoms. The first-order chi connectivity index (χ1) is 20.6. The fourth-order valence-corrected chi connectivity index (χ4v) is 4.39. The lowest BCUT2D eigenvalue weighted by Gasteiger charge is -2.27. The van der Waals surface area contributed by atoms with Gasteiger partial charge in [0.25, 0.3) is 17.7 Å². The van der Waals surface area contributed by atoms with E-state index in [1.807, 2.05) is 26.0 Å². The van der Waals surface area contributed by atoms with Crippen LogP contribution in [-0.4, -0.2) is 51.2 Å². The van der Waals surface area contributed by atoms with Crippen molar-refractivity contribution in [3.8, 4) is 23.0 Å². The average Bonchev–Trinajstić information content (AvgIpc) is 2.98. The number of benzene rings is 3. The van der Waals surface area contributed by atoms with E-state index in [-0.39, 0.29) is 34.4 Å². The minimum atomic E-state index is -0.917. The molecule has 3 aromatic rings. The van der Waals surface area contributed by atoms with E-state index in [1.54, 1.807) is 18.2 Å². The highest BCUT2D eigenvalue weighted by atomic mass is 35.5. The van der Waals surface area contributed by atoms with Gasteiger partial charge in [-0.1, -0.05) is 36.2 Å². The van der Waals surface area contributed by atoms with Crippen molar-refractivity contribution in [2.75, 3.05) is 37.7 Å². The normalized spacial score (nSPS) is 13.9. The van der Waals surface area contributed by atoms with E-state index in [2.05, 4.69) is 10.6 Å². The van der Waals surface area contributed by atoms with Gasteiger partial charge in [0, 0.05) is 11.8 Å². The van der Waals surface area contributed by atoms with Gasteiger partial charge in [0.2, 0.25) is 0 Å². The molecule has 1 aliphatic heterocycles. The summed E-state index contributed by atoms with van der Waals surface area (Å²) >= 11 is 6.46. The summed E-state index contributed by atoms with van der Waals surface area (Å²) in [6.07, 6.45) is 2.05. The Morgan fingerprint density at radius 1 is 0.953 bits per heavy atom. The number of carbonyl (C=O) groups excluding carboxylic acids is 4. The third kappa shape index (κ3) is 7.25. The molecule has 2 N–H and O–H groups in total. The van der Waals surface area contributed by atoms with E-state index in [0.717, 1.165) is 16.9 Å². The van der Waals surface area contributed by atoms with Crippen molar-refractivity contribution in [2.45, 2.75) is 20.3 Å². The summed E-state index contributed by atoms with van der Waals surface area (Å²) in [4.78, 5) is 52.1. The Kier molecular flexibility index (Phi) is 9.89. The summed E-state index contributed by atoms with van der Waals surface area (Å²) in [6, 6.07) is 13.8. The van der Waals surface area contributed by atoms with Crippen LogP contribution in [-0.2, 0) is 14.4 Å². The number of hydrogen-bond donors (Lipinski definition) is 2. The zero-order valence-electron chi connectivity index (χ0n) is 24.0. The maximum absolute atomic E-state index is 13.4.